The second-order valence-corrected chi connectivity index (χ2v) is 5.54. The van der Waals surface area contributed by atoms with Gasteiger partial charge in [-0.15, -0.1) is 0 Å². The molecule has 1 N–H and O–H groups in total. The average Bonchev–Trinajstić information content (AvgIpc) is 2.26. The lowest BCUT2D eigenvalue weighted by molar-refractivity contribution is 0.0178. The molecule has 0 saturated carbocycles. The Morgan fingerprint density at radius 3 is 2.50 bits per heavy atom. The summed E-state index contributed by atoms with van der Waals surface area (Å²) in [5, 5.41) is 9.56. The molecule has 0 aliphatic carbocycles. The summed E-state index contributed by atoms with van der Waals surface area (Å²) in [7, 11) is 0. The Balaban J connectivity index is 2.60. The number of nitrogens with zero attached hydrogens (tertiary/aromatic N) is 1. The van der Waals surface area contributed by atoms with Crippen molar-refractivity contribution in [2.75, 3.05) is 6.54 Å². The van der Waals surface area contributed by atoms with Crippen LogP contribution in [0, 0.1) is 0 Å². The van der Waals surface area contributed by atoms with E-state index in [1.807, 2.05) is 27.7 Å². The minimum Gasteiger partial charge on any atom is -0.444 e. The molecular formula is C12H23NO3. The number of carbonyl (C=O) groups excluding carboxylic acids is 1. The number of ether oxygens (including phenoxy) is 1. The normalized spacial score (nSPS) is 27.4. The standard InChI is InChI=1S/C12H23NO3/c1-9-5-6-10(14)7-8-13(9)11(15)16-12(2,3)4/h9-10,14H,5-8H2,1-4H3/t9-,10-/m0/s1. The van der Waals surface area contributed by atoms with Crippen LogP contribution in [0.1, 0.15) is 47.0 Å². The van der Waals surface area contributed by atoms with Crippen LogP contribution in [0.3, 0.4) is 0 Å². The minimum atomic E-state index is -0.457. The van der Waals surface area contributed by atoms with Gasteiger partial charge in [0, 0.05) is 12.6 Å². The molecule has 94 valence electrons. The van der Waals surface area contributed by atoms with E-state index in [-0.39, 0.29) is 18.2 Å². The Kier molecular flexibility index (Phi) is 4.19. The highest BCUT2D eigenvalue weighted by Gasteiger charge is 2.28. The summed E-state index contributed by atoms with van der Waals surface area (Å²) in [5.41, 5.74) is -0.457. The van der Waals surface area contributed by atoms with E-state index in [0.29, 0.717) is 13.0 Å². The maximum absolute atomic E-state index is 11.9. The number of rotatable bonds is 0. The zero-order chi connectivity index (χ0) is 12.3. The van der Waals surface area contributed by atoms with Gasteiger partial charge in [-0.25, -0.2) is 4.79 Å². The van der Waals surface area contributed by atoms with Crippen LogP contribution in [-0.2, 0) is 4.74 Å². The third kappa shape index (κ3) is 4.00. The lowest BCUT2D eigenvalue weighted by Gasteiger charge is -2.30. The van der Waals surface area contributed by atoms with Crippen molar-refractivity contribution >= 4 is 6.09 Å². The van der Waals surface area contributed by atoms with Crippen LogP contribution in [0.15, 0.2) is 0 Å². The fourth-order valence-corrected chi connectivity index (χ4v) is 1.83. The van der Waals surface area contributed by atoms with Gasteiger partial charge in [0.25, 0.3) is 0 Å². The predicted molar refractivity (Wildman–Crippen MR) is 62.3 cm³/mol. The molecule has 0 aromatic heterocycles. The first kappa shape index (κ1) is 13.3. The number of hydrogen-bond acceptors (Lipinski definition) is 3. The van der Waals surface area contributed by atoms with Crippen LogP contribution >= 0.6 is 0 Å². The first-order valence-corrected chi connectivity index (χ1v) is 5.97. The van der Waals surface area contributed by atoms with E-state index in [1.54, 1.807) is 4.90 Å². The van der Waals surface area contributed by atoms with Crippen molar-refractivity contribution in [2.24, 2.45) is 0 Å². The highest BCUT2D eigenvalue weighted by atomic mass is 16.6. The summed E-state index contributed by atoms with van der Waals surface area (Å²) in [5.74, 6) is 0. The largest absolute Gasteiger partial charge is 0.444 e. The fourth-order valence-electron chi connectivity index (χ4n) is 1.83. The lowest BCUT2D eigenvalue weighted by atomic mass is 10.1. The first-order chi connectivity index (χ1) is 7.29. The van der Waals surface area contributed by atoms with Crippen LogP contribution in [0.25, 0.3) is 0 Å². The Bertz CT molecular complexity index is 247. The summed E-state index contributed by atoms with van der Waals surface area (Å²) < 4.78 is 5.34. The van der Waals surface area contributed by atoms with E-state index in [1.165, 1.54) is 0 Å². The monoisotopic (exact) mass is 229 g/mol. The molecule has 2 atom stereocenters. The SMILES string of the molecule is C[C@H]1CC[C@H](O)CCN1C(=O)OC(C)(C)C. The molecule has 1 rings (SSSR count). The van der Waals surface area contributed by atoms with E-state index in [2.05, 4.69) is 0 Å². The molecule has 0 bridgehead atoms. The average molecular weight is 229 g/mol. The summed E-state index contributed by atoms with van der Waals surface area (Å²) in [6.07, 6.45) is 1.69. The van der Waals surface area contributed by atoms with Crippen LogP contribution in [-0.4, -0.2) is 40.4 Å². The molecule has 16 heavy (non-hydrogen) atoms. The van der Waals surface area contributed by atoms with Gasteiger partial charge >= 0.3 is 6.09 Å². The van der Waals surface area contributed by atoms with Crippen molar-refractivity contribution in [1.29, 1.82) is 0 Å². The maximum Gasteiger partial charge on any atom is 0.410 e. The molecule has 1 aliphatic rings. The van der Waals surface area contributed by atoms with Crippen molar-refractivity contribution in [3.05, 3.63) is 0 Å². The van der Waals surface area contributed by atoms with E-state index >= 15 is 0 Å². The lowest BCUT2D eigenvalue weighted by Crippen LogP contribution is -2.41. The number of likely N-dealkylation sites (tertiary alicyclic amines) is 1. The number of amides is 1. The molecule has 4 heteroatoms. The smallest absolute Gasteiger partial charge is 0.410 e. The maximum atomic E-state index is 11.9. The van der Waals surface area contributed by atoms with Gasteiger partial charge in [-0.1, -0.05) is 0 Å². The Morgan fingerprint density at radius 1 is 1.31 bits per heavy atom. The number of hydrogen-bond donors (Lipinski definition) is 1. The van der Waals surface area contributed by atoms with Crippen LogP contribution in [0.4, 0.5) is 4.79 Å². The summed E-state index contributed by atoms with van der Waals surface area (Å²) in [6, 6.07) is 0.145. The van der Waals surface area contributed by atoms with Crippen LogP contribution in [0.2, 0.25) is 0 Å². The molecule has 0 aromatic carbocycles. The molecule has 1 heterocycles. The van der Waals surface area contributed by atoms with Crippen LogP contribution < -0.4 is 0 Å². The quantitative estimate of drug-likeness (QED) is 0.692. The molecule has 0 unspecified atom stereocenters. The Hall–Kier alpha value is -0.770. The van der Waals surface area contributed by atoms with Crippen LogP contribution in [0.5, 0.6) is 0 Å². The molecular weight excluding hydrogens is 206 g/mol. The summed E-state index contributed by atoms with van der Waals surface area (Å²) in [6.45, 7) is 8.17. The van der Waals surface area contributed by atoms with E-state index < -0.39 is 5.60 Å². The fraction of sp³-hybridized carbons (Fsp3) is 0.917. The molecule has 4 nitrogen and oxygen atoms in total. The minimum absolute atomic E-state index is 0.145. The van der Waals surface area contributed by atoms with Crippen molar-refractivity contribution in [2.45, 2.75) is 64.7 Å². The molecule has 1 fully saturated rings. The van der Waals surface area contributed by atoms with E-state index in [4.69, 9.17) is 4.74 Å². The Morgan fingerprint density at radius 2 is 1.94 bits per heavy atom. The van der Waals surface area contributed by atoms with Gasteiger partial charge in [-0.2, -0.15) is 0 Å². The van der Waals surface area contributed by atoms with Gasteiger partial charge in [-0.05, 0) is 47.0 Å². The number of carbonyl (C=O) groups is 1. The molecule has 0 radical (unpaired) electrons. The highest BCUT2D eigenvalue weighted by Crippen LogP contribution is 2.19. The second kappa shape index (κ2) is 5.04. The van der Waals surface area contributed by atoms with Crippen molar-refractivity contribution in [3.8, 4) is 0 Å². The van der Waals surface area contributed by atoms with Gasteiger partial charge in [0.2, 0.25) is 0 Å². The predicted octanol–water partition coefficient (Wildman–Crippen LogP) is 2.16. The van der Waals surface area contributed by atoms with Gasteiger partial charge in [0.05, 0.1) is 6.10 Å². The van der Waals surface area contributed by atoms with E-state index in [0.717, 1.165) is 12.8 Å². The number of aliphatic hydroxyl groups excluding tert-OH is 1. The highest BCUT2D eigenvalue weighted by molar-refractivity contribution is 5.68. The van der Waals surface area contributed by atoms with Crippen molar-refractivity contribution in [1.82, 2.24) is 4.90 Å². The van der Waals surface area contributed by atoms with Gasteiger partial charge in [-0.3, -0.25) is 0 Å². The topological polar surface area (TPSA) is 49.8 Å². The van der Waals surface area contributed by atoms with Crippen molar-refractivity contribution in [3.63, 3.8) is 0 Å². The van der Waals surface area contributed by atoms with Gasteiger partial charge < -0.3 is 14.7 Å². The van der Waals surface area contributed by atoms with Gasteiger partial charge in [0.1, 0.15) is 5.60 Å². The molecule has 1 amide bonds. The Labute approximate surface area is 97.6 Å². The zero-order valence-electron chi connectivity index (χ0n) is 10.7. The number of aliphatic hydroxyl groups is 1. The zero-order valence-corrected chi connectivity index (χ0v) is 10.7. The molecule has 1 aliphatic heterocycles. The molecule has 0 spiro atoms. The van der Waals surface area contributed by atoms with Crippen molar-refractivity contribution < 1.29 is 14.6 Å². The first-order valence-electron chi connectivity index (χ1n) is 5.97. The summed E-state index contributed by atoms with van der Waals surface area (Å²) >= 11 is 0. The summed E-state index contributed by atoms with van der Waals surface area (Å²) in [4.78, 5) is 13.6. The van der Waals surface area contributed by atoms with E-state index in [9.17, 15) is 9.90 Å². The van der Waals surface area contributed by atoms with Gasteiger partial charge in [0.15, 0.2) is 0 Å². The third-order valence-electron chi connectivity index (χ3n) is 2.78. The molecule has 1 saturated heterocycles. The third-order valence-corrected chi connectivity index (χ3v) is 2.78. The second-order valence-electron chi connectivity index (χ2n) is 5.54. The molecule has 0 aromatic rings.